The molecule has 4 heteroatoms. The molecule has 1 rings (SSSR count). The molecule has 0 saturated carbocycles. The number of carbonyl (C=O) groups is 2. The molecule has 0 bridgehead atoms. The normalized spacial score (nSPS) is 17.5. The summed E-state index contributed by atoms with van der Waals surface area (Å²) >= 11 is 0. The van der Waals surface area contributed by atoms with Gasteiger partial charge in [-0.25, -0.2) is 0 Å². The summed E-state index contributed by atoms with van der Waals surface area (Å²) in [4.78, 5) is 24.7. The molecule has 0 spiro atoms. The molecular weight excluding hydrogens is 192 g/mol. The van der Waals surface area contributed by atoms with Crippen LogP contribution in [0.3, 0.4) is 0 Å². The Morgan fingerprint density at radius 1 is 1.33 bits per heavy atom. The minimum atomic E-state index is -0.111. The van der Waals surface area contributed by atoms with Crippen molar-refractivity contribution in [3.05, 3.63) is 0 Å². The van der Waals surface area contributed by atoms with E-state index in [1.807, 2.05) is 6.92 Å². The van der Waals surface area contributed by atoms with Gasteiger partial charge in [0.15, 0.2) is 0 Å². The first-order valence-electron chi connectivity index (χ1n) is 5.70. The molecule has 1 aliphatic heterocycles. The van der Waals surface area contributed by atoms with E-state index in [9.17, 15) is 9.59 Å². The lowest BCUT2D eigenvalue weighted by Gasteiger charge is -2.32. The highest BCUT2D eigenvalue weighted by molar-refractivity contribution is 5.94. The number of hydrogen-bond acceptors (Lipinski definition) is 3. The van der Waals surface area contributed by atoms with Crippen LogP contribution in [0.2, 0.25) is 0 Å². The molecule has 1 N–H and O–H groups in total. The molecule has 1 aliphatic rings. The third kappa shape index (κ3) is 3.30. The third-order valence-electron chi connectivity index (χ3n) is 2.75. The van der Waals surface area contributed by atoms with Crippen LogP contribution in [0.25, 0.3) is 0 Å². The molecule has 0 radical (unpaired) electrons. The van der Waals surface area contributed by atoms with Crippen molar-refractivity contribution in [2.75, 3.05) is 13.1 Å². The predicted octanol–water partition coefficient (Wildman–Crippen LogP) is 0.914. The van der Waals surface area contributed by atoms with Crippen molar-refractivity contribution in [2.24, 2.45) is 0 Å². The van der Waals surface area contributed by atoms with E-state index < -0.39 is 0 Å². The van der Waals surface area contributed by atoms with Crippen molar-refractivity contribution in [3.63, 3.8) is 0 Å². The van der Waals surface area contributed by atoms with Gasteiger partial charge in [0.05, 0.1) is 0 Å². The van der Waals surface area contributed by atoms with Crippen molar-refractivity contribution in [2.45, 2.75) is 45.6 Å². The van der Waals surface area contributed by atoms with Crippen molar-refractivity contribution in [3.8, 4) is 0 Å². The number of amides is 2. The fourth-order valence-corrected chi connectivity index (χ4v) is 2.04. The molecule has 86 valence electrons. The van der Waals surface area contributed by atoms with Gasteiger partial charge in [-0.1, -0.05) is 6.92 Å². The number of nitrogens with zero attached hydrogens (tertiary/aromatic N) is 1. The molecule has 15 heavy (non-hydrogen) atoms. The number of hydrogen-bond donors (Lipinski definition) is 1. The monoisotopic (exact) mass is 212 g/mol. The minimum Gasteiger partial charge on any atom is -0.317 e. The second kappa shape index (κ2) is 5.85. The molecule has 0 atom stereocenters. The summed E-state index contributed by atoms with van der Waals surface area (Å²) < 4.78 is 0. The Kier molecular flexibility index (Phi) is 4.75. The molecule has 0 unspecified atom stereocenters. The summed E-state index contributed by atoms with van der Waals surface area (Å²) in [5.41, 5.74) is 0. The van der Waals surface area contributed by atoms with Crippen LogP contribution >= 0.6 is 0 Å². The number of piperidine rings is 1. The molecule has 0 aromatic heterocycles. The number of imide groups is 1. The summed E-state index contributed by atoms with van der Waals surface area (Å²) in [5.74, 6) is -0.128. The van der Waals surface area contributed by atoms with Gasteiger partial charge in [-0.3, -0.25) is 14.5 Å². The summed E-state index contributed by atoms with van der Waals surface area (Å²) in [6, 6.07) is 0.114. The topological polar surface area (TPSA) is 49.4 Å². The van der Waals surface area contributed by atoms with E-state index in [1.165, 1.54) is 11.8 Å². The smallest absolute Gasteiger partial charge is 0.229 e. The molecule has 2 amide bonds. The van der Waals surface area contributed by atoms with Gasteiger partial charge >= 0.3 is 0 Å². The first-order valence-corrected chi connectivity index (χ1v) is 5.70. The van der Waals surface area contributed by atoms with Crippen LogP contribution in [0.15, 0.2) is 0 Å². The van der Waals surface area contributed by atoms with Gasteiger partial charge in [-0.05, 0) is 32.4 Å². The highest BCUT2D eigenvalue weighted by Gasteiger charge is 2.27. The van der Waals surface area contributed by atoms with Crippen LogP contribution in [0.1, 0.15) is 39.5 Å². The lowest BCUT2D eigenvalue weighted by Crippen LogP contribution is -2.48. The van der Waals surface area contributed by atoms with E-state index in [0.29, 0.717) is 6.42 Å². The maximum atomic E-state index is 11.8. The fraction of sp³-hybridized carbons (Fsp3) is 0.818. The van der Waals surface area contributed by atoms with Crippen LogP contribution < -0.4 is 5.32 Å². The number of rotatable bonds is 3. The quantitative estimate of drug-likeness (QED) is 0.756. The zero-order chi connectivity index (χ0) is 11.3. The van der Waals surface area contributed by atoms with E-state index in [1.54, 1.807) is 0 Å². The van der Waals surface area contributed by atoms with Gasteiger partial charge in [-0.2, -0.15) is 0 Å². The van der Waals surface area contributed by atoms with Gasteiger partial charge in [0, 0.05) is 19.4 Å². The predicted molar refractivity (Wildman–Crippen MR) is 58.3 cm³/mol. The average Bonchev–Trinajstić information content (AvgIpc) is 2.19. The van der Waals surface area contributed by atoms with E-state index in [-0.39, 0.29) is 17.9 Å². The highest BCUT2D eigenvalue weighted by Crippen LogP contribution is 2.14. The largest absolute Gasteiger partial charge is 0.317 e. The van der Waals surface area contributed by atoms with Crippen LogP contribution in [-0.4, -0.2) is 35.8 Å². The van der Waals surface area contributed by atoms with Crippen LogP contribution in [0, 0.1) is 0 Å². The number of nitrogens with one attached hydrogen (secondary N) is 1. The summed E-state index contributed by atoms with van der Waals surface area (Å²) in [7, 11) is 0. The van der Waals surface area contributed by atoms with Crippen LogP contribution in [0.4, 0.5) is 0 Å². The maximum absolute atomic E-state index is 11.8. The fourth-order valence-electron chi connectivity index (χ4n) is 2.04. The second-order valence-electron chi connectivity index (χ2n) is 4.01. The molecular formula is C11H20N2O2. The molecule has 4 nitrogen and oxygen atoms in total. The van der Waals surface area contributed by atoms with Crippen molar-refractivity contribution in [1.82, 2.24) is 10.2 Å². The van der Waals surface area contributed by atoms with E-state index in [2.05, 4.69) is 5.32 Å². The Morgan fingerprint density at radius 3 is 2.40 bits per heavy atom. The van der Waals surface area contributed by atoms with Gasteiger partial charge in [0.1, 0.15) is 0 Å². The van der Waals surface area contributed by atoms with Gasteiger partial charge < -0.3 is 5.32 Å². The first-order chi connectivity index (χ1) is 7.16. The molecule has 0 aromatic carbocycles. The maximum Gasteiger partial charge on any atom is 0.229 e. The Bertz CT molecular complexity index is 235. The third-order valence-corrected chi connectivity index (χ3v) is 2.75. The van der Waals surface area contributed by atoms with Crippen LogP contribution in [0.5, 0.6) is 0 Å². The van der Waals surface area contributed by atoms with Crippen molar-refractivity contribution in [1.29, 1.82) is 0 Å². The van der Waals surface area contributed by atoms with E-state index >= 15 is 0 Å². The Labute approximate surface area is 91.0 Å². The minimum absolute atomic E-state index is 0.0168. The standard InChI is InChI=1S/C11H20N2O2/c1-3-4-11(15)13(9(2)14)10-5-7-12-8-6-10/h10,12H,3-8H2,1-2H3. The Morgan fingerprint density at radius 2 is 1.93 bits per heavy atom. The lowest BCUT2D eigenvalue weighted by molar-refractivity contribution is -0.146. The SMILES string of the molecule is CCCC(=O)N(C(C)=O)C1CCNCC1. The van der Waals surface area contributed by atoms with Crippen molar-refractivity contribution < 1.29 is 9.59 Å². The Hall–Kier alpha value is -0.900. The van der Waals surface area contributed by atoms with Gasteiger partial charge in [0.2, 0.25) is 11.8 Å². The highest BCUT2D eigenvalue weighted by atomic mass is 16.2. The molecule has 0 aromatic rings. The zero-order valence-electron chi connectivity index (χ0n) is 9.58. The lowest BCUT2D eigenvalue weighted by atomic mass is 10.0. The summed E-state index contributed by atoms with van der Waals surface area (Å²) in [6.07, 6.45) is 3.04. The molecule has 1 heterocycles. The zero-order valence-corrected chi connectivity index (χ0v) is 9.58. The summed E-state index contributed by atoms with van der Waals surface area (Å²) in [5, 5.41) is 3.23. The van der Waals surface area contributed by atoms with Crippen LogP contribution in [-0.2, 0) is 9.59 Å². The number of carbonyl (C=O) groups excluding carboxylic acids is 2. The molecule has 1 fully saturated rings. The first kappa shape index (κ1) is 12.2. The summed E-state index contributed by atoms with van der Waals surface area (Å²) in [6.45, 7) is 5.23. The molecule has 1 saturated heterocycles. The van der Waals surface area contributed by atoms with E-state index in [0.717, 1.165) is 32.4 Å². The average molecular weight is 212 g/mol. The van der Waals surface area contributed by atoms with E-state index in [4.69, 9.17) is 0 Å². The van der Waals surface area contributed by atoms with Gasteiger partial charge in [-0.15, -0.1) is 0 Å². The second-order valence-corrected chi connectivity index (χ2v) is 4.01. The van der Waals surface area contributed by atoms with Gasteiger partial charge in [0.25, 0.3) is 0 Å². The van der Waals surface area contributed by atoms with Crippen molar-refractivity contribution >= 4 is 11.8 Å². The Balaban J connectivity index is 2.63. The molecule has 0 aliphatic carbocycles.